The van der Waals surface area contributed by atoms with E-state index in [-0.39, 0.29) is 24.3 Å². The highest BCUT2D eigenvalue weighted by molar-refractivity contribution is 7.10. The molecular weight excluding hydrogens is 408 g/mol. The molecule has 1 aromatic rings. The van der Waals surface area contributed by atoms with E-state index < -0.39 is 0 Å². The Labute approximate surface area is 190 Å². The molecule has 2 amide bonds. The van der Waals surface area contributed by atoms with Crippen LogP contribution < -0.4 is 5.32 Å². The summed E-state index contributed by atoms with van der Waals surface area (Å²) in [6, 6.07) is 1.02. The molecule has 2 atom stereocenters. The number of amides is 2. The molecule has 1 fully saturated rings. The quantitative estimate of drug-likeness (QED) is 0.694. The number of nitrogens with zero attached hydrogens (tertiary/aromatic N) is 3. The Kier molecular flexibility index (Phi) is 7.83. The molecule has 0 radical (unpaired) electrons. The predicted molar refractivity (Wildman–Crippen MR) is 128 cm³/mol. The van der Waals surface area contributed by atoms with Crippen LogP contribution in [0.1, 0.15) is 66.9 Å². The van der Waals surface area contributed by atoms with Gasteiger partial charge in [-0.3, -0.25) is 14.5 Å². The van der Waals surface area contributed by atoms with Gasteiger partial charge < -0.3 is 10.2 Å². The van der Waals surface area contributed by atoms with Crippen LogP contribution in [0, 0.1) is 12.8 Å². The van der Waals surface area contributed by atoms with Crippen molar-refractivity contribution in [3.05, 3.63) is 33.0 Å². The van der Waals surface area contributed by atoms with Crippen molar-refractivity contribution in [2.45, 2.75) is 59.0 Å². The molecular formula is C24H36N4O2S. The van der Waals surface area contributed by atoms with Gasteiger partial charge in [-0.1, -0.05) is 12.5 Å². The molecule has 2 aliphatic rings. The first kappa shape index (κ1) is 23.8. The van der Waals surface area contributed by atoms with Crippen molar-refractivity contribution in [1.29, 1.82) is 0 Å². The topological polar surface area (TPSA) is 65.0 Å². The number of piperidine rings is 1. The van der Waals surface area contributed by atoms with Gasteiger partial charge in [0.2, 0.25) is 0 Å². The summed E-state index contributed by atoms with van der Waals surface area (Å²) in [5, 5.41) is 4.95. The van der Waals surface area contributed by atoms with Crippen molar-refractivity contribution in [2.75, 3.05) is 33.7 Å². The van der Waals surface area contributed by atoms with Gasteiger partial charge in [0.15, 0.2) is 0 Å². The number of carbonyl (C=O) groups excluding carboxylic acids is 2. The second-order valence-corrected chi connectivity index (χ2v) is 9.95. The molecule has 0 saturated carbocycles. The molecule has 0 aromatic carbocycles. The first-order valence-corrected chi connectivity index (χ1v) is 12.1. The van der Waals surface area contributed by atoms with Crippen molar-refractivity contribution < 1.29 is 9.59 Å². The first-order valence-electron chi connectivity index (χ1n) is 11.3. The highest BCUT2D eigenvalue weighted by Crippen LogP contribution is 2.35. The minimum Gasteiger partial charge on any atom is -0.351 e. The summed E-state index contributed by atoms with van der Waals surface area (Å²) in [5.74, 6) is -0.645. The van der Waals surface area contributed by atoms with Crippen molar-refractivity contribution in [1.82, 2.24) is 15.1 Å². The van der Waals surface area contributed by atoms with Crippen molar-refractivity contribution >= 4 is 28.9 Å². The summed E-state index contributed by atoms with van der Waals surface area (Å²) in [7, 11) is 4.33. The van der Waals surface area contributed by atoms with Crippen LogP contribution in [0.4, 0.5) is 0 Å². The van der Waals surface area contributed by atoms with Crippen LogP contribution in [-0.2, 0) is 4.79 Å². The maximum absolute atomic E-state index is 12.9. The number of nitrogens with one attached hydrogen (secondary N) is 1. The van der Waals surface area contributed by atoms with Crippen LogP contribution in [0.2, 0.25) is 0 Å². The summed E-state index contributed by atoms with van der Waals surface area (Å²) in [6.07, 6.45) is 5.32. The minimum absolute atomic E-state index is 0.104. The molecule has 3 heterocycles. The minimum atomic E-state index is -0.368. The number of hydrogen-bond acceptors (Lipinski definition) is 5. The molecule has 1 saturated heterocycles. The van der Waals surface area contributed by atoms with E-state index in [1.165, 1.54) is 17.7 Å². The summed E-state index contributed by atoms with van der Waals surface area (Å²) >= 11 is 1.69. The van der Waals surface area contributed by atoms with Gasteiger partial charge in [-0.2, -0.15) is 0 Å². The van der Waals surface area contributed by atoms with Gasteiger partial charge in [0.05, 0.1) is 11.5 Å². The molecule has 6 nitrogen and oxygen atoms in total. The molecule has 3 rings (SSSR count). The monoisotopic (exact) mass is 444 g/mol. The smallest absolute Gasteiger partial charge is 0.254 e. The van der Waals surface area contributed by atoms with E-state index in [4.69, 9.17) is 0 Å². The molecule has 31 heavy (non-hydrogen) atoms. The zero-order valence-electron chi connectivity index (χ0n) is 19.7. The lowest BCUT2D eigenvalue weighted by Crippen LogP contribution is -2.43. The SMILES string of the molecule is CC[C@H](c1scc(C(=O)NCC2C(=O)N=C(C)C=C2C)c1C)N1CCC(N(C)C)CC1. The number of allylic oxidation sites excluding steroid dienone is 1. The van der Waals surface area contributed by atoms with Crippen molar-refractivity contribution in [3.63, 3.8) is 0 Å². The molecule has 0 spiro atoms. The van der Waals surface area contributed by atoms with E-state index in [1.54, 1.807) is 11.3 Å². The van der Waals surface area contributed by atoms with Crippen molar-refractivity contribution in [3.8, 4) is 0 Å². The molecule has 170 valence electrons. The lowest BCUT2D eigenvalue weighted by Gasteiger charge is -2.39. The van der Waals surface area contributed by atoms with Gasteiger partial charge in [0.1, 0.15) is 0 Å². The Hall–Kier alpha value is -1.83. The maximum Gasteiger partial charge on any atom is 0.254 e. The van der Waals surface area contributed by atoms with Gasteiger partial charge in [-0.15, -0.1) is 11.3 Å². The predicted octanol–water partition coefficient (Wildman–Crippen LogP) is 3.83. The maximum atomic E-state index is 12.9. The van der Waals surface area contributed by atoms with Crippen LogP contribution in [-0.4, -0.2) is 67.1 Å². The molecule has 7 heteroatoms. The van der Waals surface area contributed by atoms with Crippen LogP contribution in [0.5, 0.6) is 0 Å². The van der Waals surface area contributed by atoms with E-state index >= 15 is 0 Å². The Morgan fingerprint density at radius 3 is 2.55 bits per heavy atom. The third-order valence-electron chi connectivity index (χ3n) is 6.72. The summed E-state index contributed by atoms with van der Waals surface area (Å²) < 4.78 is 0. The highest BCUT2D eigenvalue weighted by Gasteiger charge is 2.29. The number of hydrogen-bond donors (Lipinski definition) is 1. The van der Waals surface area contributed by atoms with Crippen LogP contribution in [0.3, 0.4) is 0 Å². The van der Waals surface area contributed by atoms with E-state index in [9.17, 15) is 9.59 Å². The molecule has 0 bridgehead atoms. The first-order chi connectivity index (χ1) is 14.7. The number of rotatable bonds is 7. The number of thiophene rings is 1. The fraction of sp³-hybridized carbons (Fsp3) is 0.625. The van der Waals surface area contributed by atoms with Crippen molar-refractivity contribution in [2.24, 2.45) is 10.9 Å². The van der Waals surface area contributed by atoms with Gasteiger partial charge in [0.25, 0.3) is 11.8 Å². The average Bonchev–Trinajstić information content (AvgIpc) is 3.09. The molecule has 1 unspecified atom stereocenters. The summed E-state index contributed by atoms with van der Waals surface area (Å²) in [4.78, 5) is 35.4. The average molecular weight is 445 g/mol. The van der Waals surface area contributed by atoms with Crippen LogP contribution >= 0.6 is 11.3 Å². The van der Waals surface area contributed by atoms with Crippen LogP contribution in [0.25, 0.3) is 0 Å². The van der Waals surface area contributed by atoms with Gasteiger partial charge in [0, 0.05) is 47.7 Å². The van der Waals surface area contributed by atoms with E-state index in [0.717, 1.165) is 41.9 Å². The summed E-state index contributed by atoms with van der Waals surface area (Å²) in [6.45, 7) is 10.5. The number of dihydropyridines is 1. The third kappa shape index (κ3) is 5.33. The Bertz CT molecular complexity index is 878. The second kappa shape index (κ2) is 10.2. The van der Waals surface area contributed by atoms with Gasteiger partial charge in [-0.25, -0.2) is 4.99 Å². The zero-order chi connectivity index (χ0) is 22.7. The number of aliphatic imine (C=N–C) groups is 1. The third-order valence-corrected chi connectivity index (χ3v) is 7.90. The van der Waals surface area contributed by atoms with E-state index in [0.29, 0.717) is 12.1 Å². The second-order valence-electron chi connectivity index (χ2n) is 9.04. The molecule has 0 aliphatic carbocycles. The molecule has 1 aromatic heterocycles. The normalized spacial score (nSPS) is 21.8. The zero-order valence-corrected chi connectivity index (χ0v) is 20.5. The lowest BCUT2D eigenvalue weighted by molar-refractivity contribution is -0.120. The fourth-order valence-corrected chi connectivity index (χ4v) is 6.04. The summed E-state index contributed by atoms with van der Waals surface area (Å²) in [5.41, 5.74) is 3.47. The van der Waals surface area contributed by atoms with Gasteiger partial charge in [-0.05, 0) is 65.8 Å². The highest BCUT2D eigenvalue weighted by atomic mass is 32.1. The Morgan fingerprint density at radius 2 is 1.97 bits per heavy atom. The van der Waals surface area contributed by atoms with E-state index in [2.05, 4.69) is 48.1 Å². The Balaban J connectivity index is 1.65. The van der Waals surface area contributed by atoms with Gasteiger partial charge >= 0.3 is 0 Å². The number of likely N-dealkylation sites (tertiary alicyclic amines) is 1. The Morgan fingerprint density at radius 1 is 1.29 bits per heavy atom. The number of carbonyl (C=O) groups is 2. The molecule has 1 N–H and O–H groups in total. The van der Waals surface area contributed by atoms with Crippen LogP contribution in [0.15, 0.2) is 22.0 Å². The standard InChI is InChI=1S/C24H36N4O2S/c1-7-21(28-10-8-18(9-11-28)27(5)6)22-17(4)20(14-31-22)23(29)25-13-19-15(2)12-16(3)26-24(19)30/h12,14,18-19,21H,7-11,13H2,1-6H3,(H,25,29)/t19?,21-/m1/s1. The fourth-order valence-electron chi connectivity index (χ4n) is 4.75. The van der Waals surface area contributed by atoms with E-state index in [1.807, 2.05) is 25.3 Å². The largest absolute Gasteiger partial charge is 0.351 e. The lowest BCUT2D eigenvalue weighted by atomic mass is 9.95. The molecule has 2 aliphatic heterocycles.